The molecule has 0 bridgehead atoms. The van der Waals surface area contributed by atoms with Crippen molar-refractivity contribution in [2.75, 3.05) is 14.2 Å². The van der Waals surface area contributed by atoms with Crippen LogP contribution in [0.5, 0.6) is 11.5 Å². The van der Waals surface area contributed by atoms with E-state index in [9.17, 15) is 4.39 Å². The highest BCUT2D eigenvalue weighted by atomic mass is 19.1. The maximum atomic E-state index is 13.0. The van der Waals surface area contributed by atoms with E-state index in [2.05, 4.69) is 4.98 Å². The summed E-state index contributed by atoms with van der Waals surface area (Å²) in [5.41, 5.74) is 2.09. The smallest absolute Gasteiger partial charge is 0.161 e. The number of methoxy groups -OCH3 is 2. The zero-order chi connectivity index (χ0) is 15.5. The maximum Gasteiger partial charge on any atom is 0.161 e. The summed E-state index contributed by atoms with van der Waals surface area (Å²) in [6.45, 7) is 0. The first-order valence-corrected chi connectivity index (χ1v) is 6.94. The molecule has 0 amide bonds. The van der Waals surface area contributed by atoms with Crippen LogP contribution < -0.4 is 9.47 Å². The van der Waals surface area contributed by atoms with Crippen LogP contribution in [0.2, 0.25) is 0 Å². The van der Waals surface area contributed by atoms with E-state index < -0.39 is 0 Å². The fourth-order valence-corrected chi connectivity index (χ4v) is 2.52. The van der Waals surface area contributed by atoms with Crippen molar-refractivity contribution in [3.8, 4) is 11.5 Å². The Bertz CT molecular complexity index is 800. The molecule has 0 fully saturated rings. The molecular weight excluding hydrogens is 281 g/mol. The van der Waals surface area contributed by atoms with Crippen LogP contribution in [-0.2, 0) is 6.42 Å². The van der Waals surface area contributed by atoms with Crippen LogP contribution >= 0.6 is 0 Å². The highest BCUT2D eigenvalue weighted by Crippen LogP contribution is 2.33. The number of ether oxygens (including phenoxy) is 2. The number of fused-ring (bicyclic) bond motifs is 1. The van der Waals surface area contributed by atoms with Crippen molar-refractivity contribution in [2.24, 2.45) is 0 Å². The summed E-state index contributed by atoms with van der Waals surface area (Å²) in [5, 5.41) is 2.04. The minimum absolute atomic E-state index is 0.230. The molecule has 2 aromatic carbocycles. The minimum Gasteiger partial charge on any atom is -0.493 e. The van der Waals surface area contributed by atoms with Crippen LogP contribution in [0.25, 0.3) is 10.8 Å². The molecule has 0 saturated heterocycles. The lowest BCUT2D eigenvalue weighted by molar-refractivity contribution is 0.356. The average molecular weight is 297 g/mol. The Labute approximate surface area is 128 Å². The van der Waals surface area contributed by atoms with E-state index in [0.717, 1.165) is 21.9 Å². The fraction of sp³-hybridized carbons (Fsp3) is 0.167. The largest absolute Gasteiger partial charge is 0.493 e. The van der Waals surface area contributed by atoms with Gasteiger partial charge in [0, 0.05) is 17.8 Å². The van der Waals surface area contributed by atoms with E-state index in [1.54, 1.807) is 32.5 Å². The van der Waals surface area contributed by atoms with Gasteiger partial charge in [-0.1, -0.05) is 12.1 Å². The molecule has 0 spiro atoms. The summed E-state index contributed by atoms with van der Waals surface area (Å²) >= 11 is 0. The summed E-state index contributed by atoms with van der Waals surface area (Å²) in [7, 11) is 3.23. The molecule has 0 atom stereocenters. The first kappa shape index (κ1) is 14.3. The highest BCUT2D eigenvalue weighted by molar-refractivity contribution is 5.88. The quantitative estimate of drug-likeness (QED) is 0.730. The Morgan fingerprint density at radius 3 is 2.32 bits per heavy atom. The predicted molar refractivity (Wildman–Crippen MR) is 84.1 cm³/mol. The first-order chi connectivity index (χ1) is 10.7. The van der Waals surface area contributed by atoms with Crippen molar-refractivity contribution >= 4 is 10.8 Å². The second-order valence-electron chi connectivity index (χ2n) is 5.03. The molecule has 112 valence electrons. The van der Waals surface area contributed by atoms with Crippen LogP contribution in [0.4, 0.5) is 4.39 Å². The van der Waals surface area contributed by atoms with Gasteiger partial charge >= 0.3 is 0 Å². The third kappa shape index (κ3) is 2.72. The molecule has 4 heteroatoms. The zero-order valence-electron chi connectivity index (χ0n) is 12.5. The summed E-state index contributed by atoms with van der Waals surface area (Å²) in [5.74, 6) is 1.13. The van der Waals surface area contributed by atoms with E-state index in [4.69, 9.17) is 9.47 Å². The van der Waals surface area contributed by atoms with Gasteiger partial charge in [-0.3, -0.25) is 4.98 Å². The van der Waals surface area contributed by atoms with Crippen molar-refractivity contribution in [1.82, 2.24) is 4.98 Å². The molecule has 0 saturated carbocycles. The molecule has 0 radical (unpaired) electrons. The summed E-state index contributed by atoms with van der Waals surface area (Å²) < 4.78 is 23.7. The Kier molecular flexibility index (Phi) is 3.92. The van der Waals surface area contributed by atoms with Crippen molar-refractivity contribution in [1.29, 1.82) is 0 Å². The van der Waals surface area contributed by atoms with Crippen molar-refractivity contribution < 1.29 is 13.9 Å². The molecule has 0 unspecified atom stereocenters. The van der Waals surface area contributed by atoms with E-state index in [0.29, 0.717) is 17.9 Å². The number of pyridine rings is 1. The van der Waals surface area contributed by atoms with Crippen molar-refractivity contribution in [2.45, 2.75) is 6.42 Å². The monoisotopic (exact) mass is 297 g/mol. The molecule has 1 heterocycles. The van der Waals surface area contributed by atoms with Gasteiger partial charge in [-0.05, 0) is 47.2 Å². The second-order valence-corrected chi connectivity index (χ2v) is 5.03. The number of hydrogen-bond acceptors (Lipinski definition) is 3. The van der Waals surface area contributed by atoms with Crippen LogP contribution in [-0.4, -0.2) is 19.2 Å². The van der Waals surface area contributed by atoms with Crippen LogP contribution in [0.3, 0.4) is 0 Å². The second kappa shape index (κ2) is 6.02. The molecule has 0 aliphatic rings. The van der Waals surface area contributed by atoms with Gasteiger partial charge in [-0.25, -0.2) is 4.39 Å². The van der Waals surface area contributed by atoms with Gasteiger partial charge < -0.3 is 9.47 Å². The van der Waals surface area contributed by atoms with E-state index >= 15 is 0 Å². The minimum atomic E-state index is -0.230. The average Bonchev–Trinajstić information content (AvgIpc) is 2.56. The van der Waals surface area contributed by atoms with Crippen LogP contribution in [0.15, 0.2) is 48.8 Å². The lowest BCUT2D eigenvalue weighted by Crippen LogP contribution is -1.95. The molecular formula is C18H16FNO2. The number of benzene rings is 2. The number of halogens is 1. The number of aromatic nitrogens is 1. The third-order valence-electron chi connectivity index (χ3n) is 3.65. The molecule has 22 heavy (non-hydrogen) atoms. The topological polar surface area (TPSA) is 31.4 Å². The van der Waals surface area contributed by atoms with E-state index in [1.165, 1.54) is 12.1 Å². The molecule has 3 nitrogen and oxygen atoms in total. The molecule has 0 aliphatic heterocycles. The lowest BCUT2D eigenvalue weighted by atomic mass is 10.0. The summed E-state index contributed by atoms with van der Waals surface area (Å²) in [6, 6.07) is 10.4. The highest BCUT2D eigenvalue weighted by Gasteiger charge is 2.10. The van der Waals surface area contributed by atoms with Gasteiger partial charge in [-0.2, -0.15) is 0 Å². The SMILES string of the molecule is COc1cc2cncc(Cc3ccc(F)cc3)c2cc1OC. The van der Waals surface area contributed by atoms with Gasteiger partial charge in [0.15, 0.2) is 11.5 Å². The number of rotatable bonds is 4. The third-order valence-corrected chi connectivity index (χ3v) is 3.65. The molecule has 0 aliphatic carbocycles. The zero-order valence-corrected chi connectivity index (χ0v) is 12.5. The van der Waals surface area contributed by atoms with E-state index in [-0.39, 0.29) is 5.82 Å². The normalized spacial score (nSPS) is 10.7. The Balaban J connectivity index is 2.07. The Hall–Kier alpha value is -2.62. The lowest BCUT2D eigenvalue weighted by Gasteiger charge is -2.11. The molecule has 0 N–H and O–H groups in total. The van der Waals surface area contributed by atoms with Crippen LogP contribution in [0, 0.1) is 5.82 Å². The summed E-state index contributed by atoms with van der Waals surface area (Å²) in [6.07, 6.45) is 4.31. The predicted octanol–water partition coefficient (Wildman–Crippen LogP) is 3.98. The first-order valence-electron chi connectivity index (χ1n) is 6.94. The van der Waals surface area contributed by atoms with E-state index in [1.807, 2.05) is 18.3 Å². The number of hydrogen-bond donors (Lipinski definition) is 0. The van der Waals surface area contributed by atoms with Gasteiger partial charge in [0.2, 0.25) is 0 Å². The molecule has 3 rings (SSSR count). The molecule has 3 aromatic rings. The summed E-state index contributed by atoms with van der Waals surface area (Å²) in [4.78, 5) is 4.29. The van der Waals surface area contributed by atoms with Gasteiger partial charge in [0.1, 0.15) is 5.82 Å². The van der Waals surface area contributed by atoms with Gasteiger partial charge in [-0.15, -0.1) is 0 Å². The Morgan fingerprint density at radius 1 is 0.955 bits per heavy atom. The maximum absolute atomic E-state index is 13.0. The van der Waals surface area contributed by atoms with Crippen molar-refractivity contribution in [3.63, 3.8) is 0 Å². The van der Waals surface area contributed by atoms with Gasteiger partial charge in [0.25, 0.3) is 0 Å². The molecule has 1 aromatic heterocycles. The Morgan fingerprint density at radius 2 is 1.64 bits per heavy atom. The fourth-order valence-electron chi connectivity index (χ4n) is 2.52. The van der Waals surface area contributed by atoms with Crippen molar-refractivity contribution in [3.05, 3.63) is 65.7 Å². The number of nitrogens with zero attached hydrogens (tertiary/aromatic N) is 1. The van der Waals surface area contributed by atoms with Crippen LogP contribution in [0.1, 0.15) is 11.1 Å². The standard InChI is InChI=1S/C18H16FNO2/c1-21-17-8-14-11-20-10-13(16(14)9-18(17)22-2)7-12-3-5-15(19)6-4-12/h3-6,8-11H,7H2,1-2H3. The van der Waals surface area contributed by atoms with Gasteiger partial charge in [0.05, 0.1) is 14.2 Å².